The van der Waals surface area contributed by atoms with E-state index in [9.17, 15) is 9.18 Å². The van der Waals surface area contributed by atoms with Crippen molar-refractivity contribution in [2.75, 3.05) is 0 Å². The lowest BCUT2D eigenvalue weighted by atomic mass is 9.98. The Hall–Kier alpha value is -1.38. The van der Waals surface area contributed by atoms with E-state index < -0.39 is 11.6 Å². The molecule has 0 saturated heterocycles. The predicted octanol–water partition coefficient (Wildman–Crippen LogP) is 1.16. The summed E-state index contributed by atoms with van der Waals surface area (Å²) < 4.78 is 13.5. The summed E-state index contributed by atoms with van der Waals surface area (Å²) in [6.07, 6.45) is 0. The van der Waals surface area contributed by atoms with Gasteiger partial charge in [0, 0.05) is 0 Å². The molecule has 0 heterocycles. The average molecular weight is 166 g/mol. The third-order valence-electron chi connectivity index (χ3n) is 1.72. The number of nitrogens with two attached hydrogens (primary N) is 1. The zero-order valence-corrected chi connectivity index (χ0v) is 6.67. The largest absolute Gasteiger partial charge is 0.367 e. The number of hydrogen-bond donors (Lipinski definition) is 1. The van der Waals surface area contributed by atoms with E-state index in [1.165, 1.54) is 24.3 Å². The van der Waals surface area contributed by atoms with Crippen molar-refractivity contribution in [1.29, 1.82) is 0 Å². The fraction of sp³-hybridized carbons (Fsp3) is 0.222. The van der Waals surface area contributed by atoms with Crippen LogP contribution < -0.4 is 5.73 Å². The Morgan fingerprint density at radius 3 is 2.50 bits per heavy atom. The van der Waals surface area contributed by atoms with Gasteiger partial charge < -0.3 is 5.73 Å². The quantitative estimate of drug-likeness (QED) is 0.703. The zero-order valence-electron chi connectivity index (χ0n) is 6.67. The van der Waals surface area contributed by atoms with Crippen LogP contribution in [0.1, 0.15) is 12.5 Å². The maximum Gasteiger partial charge on any atom is 0.259 e. The maximum atomic E-state index is 13.5. The molecular formula is C9H9FNO. The number of alkyl halides is 1. The van der Waals surface area contributed by atoms with Gasteiger partial charge >= 0.3 is 0 Å². The number of hydrogen-bond acceptors (Lipinski definition) is 1. The van der Waals surface area contributed by atoms with Crippen molar-refractivity contribution in [3.63, 3.8) is 0 Å². The Kier molecular flexibility index (Phi) is 2.13. The molecule has 2 nitrogen and oxygen atoms in total. The van der Waals surface area contributed by atoms with Gasteiger partial charge in [-0.25, -0.2) is 4.39 Å². The van der Waals surface area contributed by atoms with E-state index in [4.69, 9.17) is 5.73 Å². The highest BCUT2D eigenvalue weighted by Gasteiger charge is 2.32. The molecule has 12 heavy (non-hydrogen) atoms. The van der Waals surface area contributed by atoms with Gasteiger partial charge in [-0.2, -0.15) is 0 Å². The molecule has 0 aliphatic carbocycles. The van der Waals surface area contributed by atoms with Crippen LogP contribution >= 0.6 is 0 Å². The van der Waals surface area contributed by atoms with Crippen LogP contribution in [0.5, 0.6) is 0 Å². The number of halogens is 1. The van der Waals surface area contributed by atoms with Crippen molar-refractivity contribution in [3.05, 3.63) is 35.9 Å². The van der Waals surface area contributed by atoms with E-state index in [1.807, 2.05) is 0 Å². The van der Waals surface area contributed by atoms with Crippen LogP contribution in [-0.2, 0) is 10.5 Å². The van der Waals surface area contributed by atoms with Crippen LogP contribution in [0, 0.1) is 6.07 Å². The topological polar surface area (TPSA) is 43.1 Å². The van der Waals surface area contributed by atoms with Gasteiger partial charge in [-0.15, -0.1) is 0 Å². The smallest absolute Gasteiger partial charge is 0.259 e. The molecule has 1 atom stereocenters. The summed E-state index contributed by atoms with van der Waals surface area (Å²) in [4.78, 5) is 10.7. The fourth-order valence-electron chi connectivity index (χ4n) is 0.842. The minimum atomic E-state index is -2.09. The van der Waals surface area contributed by atoms with E-state index in [0.717, 1.165) is 6.92 Å². The molecule has 0 saturated carbocycles. The minimum absolute atomic E-state index is 0.258. The van der Waals surface area contributed by atoms with Crippen LogP contribution in [0.25, 0.3) is 0 Å². The van der Waals surface area contributed by atoms with Gasteiger partial charge in [0.2, 0.25) is 5.67 Å². The summed E-state index contributed by atoms with van der Waals surface area (Å²) in [6, 6.07) is 8.75. The highest BCUT2D eigenvalue weighted by molar-refractivity contribution is 5.84. The molecule has 1 unspecified atom stereocenters. The number of primary amides is 1. The molecule has 3 heteroatoms. The van der Waals surface area contributed by atoms with Gasteiger partial charge in [0.05, 0.1) is 0 Å². The molecule has 1 radical (unpaired) electrons. The molecule has 0 aromatic heterocycles. The molecule has 1 aromatic carbocycles. The van der Waals surface area contributed by atoms with Crippen molar-refractivity contribution in [3.8, 4) is 0 Å². The summed E-state index contributed by atoms with van der Waals surface area (Å²) in [6.45, 7) is 1.14. The van der Waals surface area contributed by atoms with Crippen molar-refractivity contribution in [2.45, 2.75) is 12.6 Å². The van der Waals surface area contributed by atoms with Gasteiger partial charge in [-0.3, -0.25) is 4.79 Å². The number of amides is 1. The maximum absolute atomic E-state index is 13.5. The molecule has 0 spiro atoms. The minimum Gasteiger partial charge on any atom is -0.367 e. The summed E-state index contributed by atoms with van der Waals surface area (Å²) in [5.41, 5.74) is 3.05. The first-order chi connectivity index (χ1) is 5.55. The van der Waals surface area contributed by atoms with Gasteiger partial charge in [-0.1, -0.05) is 24.3 Å². The van der Waals surface area contributed by atoms with Crippen molar-refractivity contribution in [2.24, 2.45) is 5.73 Å². The normalized spacial score (nSPS) is 15.2. The fourth-order valence-corrected chi connectivity index (χ4v) is 0.842. The van der Waals surface area contributed by atoms with Gasteiger partial charge in [0.1, 0.15) is 0 Å². The second kappa shape index (κ2) is 2.93. The molecule has 0 fully saturated rings. The predicted molar refractivity (Wildman–Crippen MR) is 42.9 cm³/mol. The van der Waals surface area contributed by atoms with Crippen LogP contribution in [0.3, 0.4) is 0 Å². The number of carbonyl (C=O) groups excluding carboxylic acids is 1. The Morgan fingerprint density at radius 2 is 2.08 bits per heavy atom. The van der Waals surface area contributed by atoms with Gasteiger partial charge in [-0.05, 0) is 18.6 Å². The Balaban J connectivity index is 3.06. The van der Waals surface area contributed by atoms with E-state index in [1.54, 1.807) is 0 Å². The first-order valence-corrected chi connectivity index (χ1v) is 3.50. The van der Waals surface area contributed by atoms with E-state index in [-0.39, 0.29) is 5.56 Å². The van der Waals surface area contributed by atoms with Crippen LogP contribution in [0.15, 0.2) is 24.3 Å². The Morgan fingerprint density at radius 1 is 1.58 bits per heavy atom. The van der Waals surface area contributed by atoms with Crippen molar-refractivity contribution >= 4 is 5.91 Å². The summed E-state index contributed by atoms with van der Waals surface area (Å²) in [5, 5.41) is 0. The second-order valence-corrected chi connectivity index (χ2v) is 2.66. The molecule has 0 aliphatic heterocycles. The third kappa shape index (κ3) is 1.44. The number of rotatable bonds is 2. The molecule has 2 N–H and O–H groups in total. The summed E-state index contributed by atoms with van der Waals surface area (Å²) in [5.74, 6) is -0.978. The van der Waals surface area contributed by atoms with Crippen LogP contribution in [-0.4, -0.2) is 5.91 Å². The van der Waals surface area contributed by atoms with Crippen LogP contribution in [0.2, 0.25) is 0 Å². The van der Waals surface area contributed by atoms with E-state index >= 15 is 0 Å². The van der Waals surface area contributed by atoms with Crippen molar-refractivity contribution < 1.29 is 9.18 Å². The zero-order chi connectivity index (χ0) is 9.19. The van der Waals surface area contributed by atoms with Crippen LogP contribution in [0.4, 0.5) is 4.39 Å². The molecule has 1 rings (SSSR count). The third-order valence-corrected chi connectivity index (χ3v) is 1.72. The Bertz CT molecular complexity index is 282. The summed E-state index contributed by atoms with van der Waals surface area (Å²) in [7, 11) is 0. The van der Waals surface area contributed by atoms with Gasteiger partial charge in [0.25, 0.3) is 5.91 Å². The summed E-state index contributed by atoms with van der Waals surface area (Å²) >= 11 is 0. The molecule has 0 bridgehead atoms. The average Bonchev–Trinajstić information content (AvgIpc) is 2.06. The molecule has 0 aliphatic rings. The molecule has 1 aromatic rings. The molecule has 1 amide bonds. The first kappa shape index (κ1) is 8.71. The number of benzene rings is 1. The Labute approximate surface area is 70.2 Å². The molecular weight excluding hydrogens is 157 g/mol. The van der Waals surface area contributed by atoms with E-state index in [0.29, 0.717) is 0 Å². The highest BCUT2D eigenvalue weighted by Crippen LogP contribution is 2.23. The standard InChI is InChI=1S/C9H9FNO/c1-9(10,8(11)12)7-5-3-2-4-6-7/h3-6H,1H3,(H2,11,12). The lowest BCUT2D eigenvalue weighted by molar-refractivity contribution is -0.128. The number of carbonyl (C=O) groups is 1. The second-order valence-electron chi connectivity index (χ2n) is 2.66. The van der Waals surface area contributed by atoms with Crippen molar-refractivity contribution in [1.82, 2.24) is 0 Å². The highest BCUT2D eigenvalue weighted by atomic mass is 19.1. The molecule has 63 valence electrons. The lowest BCUT2D eigenvalue weighted by Crippen LogP contribution is -2.34. The first-order valence-electron chi connectivity index (χ1n) is 3.50. The monoisotopic (exact) mass is 166 g/mol. The van der Waals surface area contributed by atoms with Gasteiger partial charge in [0.15, 0.2) is 0 Å². The lowest BCUT2D eigenvalue weighted by Gasteiger charge is -2.15. The SMILES string of the molecule is CC(F)(C(N)=O)c1cc[c]cc1. The van der Waals surface area contributed by atoms with E-state index in [2.05, 4.69) is 6.07 Å².